The van der Waals surface area contributed by atoms with E-state index in [1.54, 1.807) is 19.1 Å². The first-order valence-electron chi connectivity index (χ1n) is 4.56. The number of oxazole rings is 1. The summed E-state index contributed by atoms with van der Waals surface area (Å²) in [7, 11) is 1.51. The molecular formula is C10H12N2O3. The molecule has 0 aliphatic heterocycles. The van der Waals surface area contributed by atoms with Crippen LogP contribution in [0.15, 0.2) is 16.5 Å². The number of fused-ring (bicyclic) bond motifs is 1. The zero-order valence-electron chi connectivity index (χ0n) is 8.56. The van der Waals surface area contributed by atoms with Gasteiger partial charge in [-0.15, -0.1) is 0 Å². The fourth-order valence-electron chi connectivity index (χ4n) is 1.50. The number of aryl methyl sites for hydroxylation is 1. The van der Waals surface area contributed by atoms with Crippen LogP contribution in [0.3, 0.4) is 0 Å². The van der Waals surface area contributed by atoms with Gasteiger partial charge in [0.1, 0.15) is 5.52 Å². The lowest BCUT2D eigenvalue weighted by atomic mass is 10.2. The molecule has 2 aromatic rings. The lowest BCUT2D eigenvalue weighted by Gasteiger charge is -2.09. The van der Waals surface area contributed by atoms with Gasteiger partial charge in [0.05, 0.1) is 6.54 Å². The molecule has 15 heavy (non-hydrogen) atoms. The summed E-state index contributed by atoms with van der Waals surface area (Å²) in [4.78, 5) is 4.09. The fraction of sp³-hybridized carbons (Fsp3) is 0.300. The average Bonchev–Trinajstić information content (AvgIpc) is 2.51. The van der Waals surface area contributed by atoms with Gasteiger partial charge >= 0.3 is 0 Å². The van der Waals surface area contributed by atoms with Crippen molar-refractivity contribution in [2.75, 3.05) is 7.05 Å². The quantitative estimate of drug-likeness (QED) is 0.734. The number of aromatic hydroxyl groups is 1. The Labute approximate surface area is 86.5 Å². The van der Waals surface area contributed by atoms with E-state index in [9.17, 15) is 5.11 Å². The molecule has 80 valence electrons. The molecule has 5 heteroatoms. The highest BCUT2D eigenvalue weighted by Gasteiger charge is 2.12. The third-order valence-electron chi connectivity index (χ3n) is 2.12. The summed E-state index contributed by atoms with van der Waals surface area (Å²) >= 11 is 0. The number of phenols is 1. The van der Waals surface area contributed by atoms with Gasteiger partial charge in [0, 0.05) is 19.5 Å². The van der Waals surface area contributed by atoms with E-state index < -0.39 is 0 Å². The van der Waals surface area contributed by atoms with Crippen molar-refractivity contribution in [2.24, 2.45) is 0 Å². The average molecular weight is 208 g/mol. The van der Waals surface area contributed by atoms with Crippen molar-refractivity contribution in [3.05, 3.63) is 23.6 Å². The van der Waals surface area contributed by atoms with Crippen molar-refractivity contribution in [1.82, 2.24) is 10.0 Å². The second kappa shape index (κ2) is 3.52. The highest BCUT2D eigenvalue weighted by Crippen LogP contribution is 2.29. The van der Waals surface area contributed by atoms with Crippen LogP contribution in [0.2, 0.25) is 0 Å². The first-order chi connectivity index (χ1) is 7.08. The molecule has 0 unspecified atom stereocenters. The highest BCUT2D eigenvalue weighted by molar-refractivity contribution is 5.80. The lowest BCUT2D eigenvalue weighted by Crippen LogP contribution is -2.11. The number of nitrogens with zero attached hydrogens (tertiary/aromatic N) is 2. The minimum atomic E-state index is 0.0361. The molecule has 0 bridgehead atoms. The van der Waals surface area contributed by atoms with E-state index in [0.717, 1.165) is 5.06 Å². The molecule has 0 aliphatic rings. The van der Waals surface area contributed by atoms with E-state index in [4.69, 9.17) is 9.62 Å². The van der Waals surface area contributed by atoms with Gasteiger partial charge in [0.25, 0.3) is 0 Å². The summed E-state index contributed by atoms with van der Waals surface area (Å²) < 4.78 is 5.26. The van der Waals surface area contributed by atoms with Crippen LogP contribution in [0.5, 0.6) is 5.75 Å². The molecule has 0 saturated heterocycles. The van der Waals surface area contributed by atoms with E-state index in [-0.39, 0.29) is 12.3 Å². The summed E-state index contributed by atoms with van der Waals surface area (Å²) in [5.74, 6) is 0.545. The first kappa shape index (κ1) is 9.95. The Balaban J connectivity index is 2.54. The smallest absolute Gasteiger partial charge is 0.196 e. The van der Waals surface area contributed by atoms with Crippen LogP contribution < -0.4 is 0 Å². The van der Waals surface area contributed by atoms with Crippen molar-refractivity contribution in [3.8, 4) is 5.75 Å². The number of benzene rings is 1. The predicted molar refractivity (Wildman–Crippen MR) is 53.7 cm³/mol. The number of aromatic nitrogens is 1. The molecule has 1 heterocycles. The molecule has 2 rings (SSSR count). The molecule has 0 radical (unpaired) electrons. The Morgan fingerprint density at radius 2 is 2.20 bits per heavy atom. The van der Waals surface area contributed by atoms with Gasteiger partial charge in [-0.25, -0.2) is 4.98 Å². The van der Waals surface area contributed by atoms with E-state index >= 15 is 0 Å². The number of hydroxylamine groups is 2. The topological polar surface area (TPSA) is 69.7 Å². The van der Waals surface area contributed by atoms with E-state index in [2.05, 4.69) is 4.98 Å². The number of rotatable bonds is 2. The molecular weight excluding hydrogens is 196 g/mol. The molecule has 0 amide bonds. The predicted octanol–water partition coefficient (Wildman–Crippen LogP) is 1.66. The van der Waals surface area contributed by atoms with E-state index in [1.165, 1.54) is 7.05 Å². The fourth-order valence-corrected chi connectivity index (χ4v) is 1.50. The Bertz CT molecular complexity index is 491. The zero-order valence-corrected chi connectivity index (χ0v) is 8.56. The molecule has 1 aromatic carbocycles. The monoisotopic (exact) mass is 208 g/mol. The molecule has 1 aromatic heterocycles. The third-order valence-corrected chi connectivity index (χ3v) is 2.12. The van der Waals surface area contributed by atoms with Crippen LogP contribution in [0.4, 0.5) is 0 Å². The van der Waals surface area contributed by atoms with Gasteiger partial charge in [-0.1, -0.05) is 6.07 Å². The van der Waals surface area contributed by atoms with Crippen LogP contribution in [0.25, 0.3) is 11.1 Å². The molecule has 0 fully saturated rings. The van der Waals surface area contributed by atoms with E-state index in [0.29, 0.717) is 22.6 Å². The number of phenolic OH excluding ortho intramolecular Hbond substituents is 1. The summed E-state index contributed by atoms with van der Waals surface area (Å²) in [5, 5.41) is 19.9. The molecule has 0 saturated carbocycles. The van der Waals surface area contributed by atoms with Gasteiger partial charge in [0.15, 0.2) is 17.2 Å². The molecule has 5 nitrogen and oxygen atoms in total. The van der Waals surface area contributed by atoms with E-state index in [1.807, 2.05) is 0 Å². The van der Waals surface area contributed by atoms with Crippen molar-refractivity contribution >= 4 is 11.1 Å². The van der Waals surface area contributed by atoms with Crippen LogP contribution in [0.1, 0.15) is 11.5 Å². The van der Waals surface area contributed by atoms with Gasteiger partial charge in [-0.3, -0.25) is 0 Å². The second-order valence-electron chi connectivity index (χ2n) is 3.47. The van der Waals surface area contributed by atoms with Gasteiger partial charge in [-0.05, 0) is 6.07 Å². The van der Waals surface area contributed by atoms with Gasteiger partial charge < -0.3 is 14.7 Å². The highest BCUT2D eigenvalue weighted by atomic mass is 16.5. The van der Waals surface area contributed by atoms with Crippen molar-refractivity contribution in [3.63, 3.8) is 0 Å². The molecule has 0 aliphatic carbocycles. The molecule has 0 spiro atoms. The summed E-state index contributed by atoms with van der Waals surface area (Å²) in [6.45, 7) is 1.96. The minimum absolute atomic E-state index is 0.0361. The number of hydrogen-bond acceptors (Lipinski definition) is 5. The van der Waals surface area contributed by atoms with Gasteiger partial charge in [0.2, 0.25) is 0 Å². The Hall–Kier alpha value is -1.59. The Morgan fingerprint density at radius 3 is 2.87 bits per heavy atom. The number of hydrogen-bond donors (Lipinski definition) is 2. The van der Waals surface area contributed by atoms with Crippen molar-refractivity contribution in [1.29, 1.82) is 0 Å². The maximum absolute atomic E-state index is 9.84. The summed E-state index contributed by atoms with van der Waals surface area (Å²) in [6.07, 6.45) is 0. The van der Waals surface area contributed by atoms with Crippen molar-refractivity contribution < 1.29 is 14.7 Å². The first-order valence-corrected chi connectivity index (χ1v) is 4.56. The van der Waals surface area contributed by atoms with Gasteiger partial charge in [-0.2, -0.15) is 5.06 Å². The summed E-state index contributed by atoms with van der Waals surface area (Å²) in [5.41, 5.74) is 1.59. The Morgan fingerprint density at radius 1 is 1.47 bits per heavy atom. The lowest BCUT2D eigenvalue weighted by molar-refractivity contribution is -0.0735. The van der Waals surface area contributed by atoms with Crippen LogP contribution >= 0.6 is 0 Å². The third kappa shape index (κ3) is 1.79. The Kier molecular flexibility index (Phi) is 2.34. The zero-order chi connectivity index (χ0) is 11.0. The maximum Gasteiger partial charge on any atom is 0.196 e. The largest absolute Gasteiger partial charge is 0.504 e. The van der Waals surface area contributed by atoms with Crippen LogP contribution in [0, 0.1) is 6.92 Å². The maximum atomic E-state index is 9.84. The normalized spacial score (nSPS) is 11.5. The van der Waals surface area contributed by atoms with Crippen molar-refractivity contribution in [2.45, 2.75) is 13.5 Å². The summed E-state index contributed by atoms with van der Waals surface area (Å²) in [6, 6.07) is 3.47. The van der Waals surface area contributed by atoms with Crippen LogP contribution in [-0.2, 0) is 6.54 Å². The van der Waals surface area contributed by atoms with Crippen LogP contribution in [-0.4, -0.2) is 27.4 Å². The molecule has 2 N–H and O–H groups in total. The second-order valence-corrected chi connectivity index (χ2v) is 3.47. The SMILES string of the molecule is Cc1nc2ccc(CN(C)O)c(O)c2o1. The minimum Gasteiger partial charge on any atom is -0.504 e. The molecule has 0 atom stereocenters. The standard InChI is InChI=1S/C10H12N2O3/c1-6-11-8-4-3-7(5-12(2)14)9(13)10(8)15-6/h3-4,13-14H,5H2,1-2H3.